The van der Waals surface area contributed by atoms with Crippen LogP contribution in [0.5, 0.6) is 0 Å². The number of likely N-dealkylation sites (N-methyl/N-ethyl adjacent to an activating group) is 2. The van der Waals surface area contributed by atoms with Crippen LogP contribution < -0.4 is 5.32 Å². The van der Waals surface area contributed by atoms with Crippen molar-refractivity contribution in [3.8, 4) is 0 Å². The normalized spacial score (nSPS) is 23.8. The molecule has 1 fully saturated rings. The Morgan fingerprint density at radius 2 is 2.31 bits per heavy atom. The Morgan fingerprint density at radius 1 is 1.50 bits per heavy atom. The highest BCUT2D eigenvalue weighted by Crippen LogP contribution is 2.27. The molecule has 0 saturated carbocycles. The van der Waals surface area contributed by atoms with Gasteiger partial charge in [-0.25, -0.2) is 4.98 Å². The van der Waals surface area contributed by atoms with E-state index in [9.17, 15) is 0 Å². The number of aromatic nitrogens is 1. The summed E-state index contributed by atoms with van der Waals surface area (Å²) in [5, 5.41) is 4.42. The van der Waals surface area contributed by atoms with Crippen molar-refractivity contribution in [2.75, 3.05) is 40.8 Å². The van der Waals surface area contributed by atoms with Crippen molar-refractivity contribution in [2.45, 2.75) is 12.6 Å². The number of hydrogen-bond donors (Lipinski definition) is 1. The Labute approximate surface area is 101 Å². The summed E-state index contributed by atoms with van der Waals surface area (Å²) in [6.07, 6.45) is 2.00. The number of piperazine rings is 1. The minimum Gasteiger partial charge on any atom is -0.315 e. The van der Waals surface area contributed by atoms with Crippen molar-refractivity contribution in [1.82, 2.24) is 20.1 Å². The molecule has 1 aromatic rings. The predicted octanol–water partition coefficient (Wildman–Crippen LogP) is 0.781. The molecule has 0 aromatic carbocycles. The molecule has 0 bridgehead atoms. The first-order chi connectivity index (χ1) is 7.70. The maximum absolute atomic E-state index is 4.55. The number of rotatable bonds is 3. The van der Waals surface area contributed by atoms with Crippen LogP contribution in [0.4, 0.5) is 0 Å². The van der Waals surface area contributed by atoms with Gasteiger partial charge in [0.1, 0.15) is 5.01 Å². The predicted molar refractivity (Wildman–Crippen MR) is 67.7 cm³/mol. The molecule has 1 unspecified atom stereocenters. The molecule has 4 nitrogen and oxygen atoms in total. The van der Waals surface area contributed by atoms with Crippen molar-refractivity contribution >= 4 is 11.3 Å². The van der Waals surface area contributed by atoms with Crippen LogP contribution >= 0.6 is 11.3 Å². The summed E-state index contributed by atoms with van der Waals surface area (Å²) in [6.45, 7) is 4.29. The zero-order chi connectivity index (χ0) is 11.5. The van der Waals surface area contributed by atoms with E-state index in [1.54, 1.807) is 0 Å². The number of thiazole rings is 1. The molecule has 1 aliphatic heterocycles. The minimum absolute atomic E-state index is 0.467. The fourth-order valence-electron chi connectivity index (χ4n) is 2.01. The van der Waals surface area contributed by atoms with E-state index in [0.717, 1.165) is 26.2 Å². The fourth-order valence-corrected chi connectivity index (χ4v) is 3.10. The maximum Gasteiger partial charge on any atom is 0.111 e. The third kappa shape index (κ3) is 2.60. The van der Waals surface area contributed by atoms with Gasteiger partial charge in [-0.3, -0.25) is 4.90 Å². The number of hydrogen-bond acceptors (Lipinski definition) is 5. The molecule has 1 atom stereocenters. The first-order valence-corrected chi connectivity index (χ1v) is 6.50. The van der Waals surface area contributed by atoms with Crippen LogP contribution in [0.3, 0.4) is 0 Å². The zero-order valence-electron chi connectivity index (χ0n) is 10.2. The van der Waals surface area contributed by atoms with Gasteiger partial charge in [0.05, 0.1) is 6.04 Å². The quantitative estimate of drug-likeness (QED) is 0.846. The molecule has 0 amide bonds. The van der Waals surface area contributed by atoms with Crippen LogP contribution in [-0.2, 0) is 6.54 Å². The lowest BCUT2D eigenvalue weighted by Crippen LogP contribution is -2.44. The Bertz CT molecular complexity index is 338. The third-order valence-electron chi connectivity index (χ3n) is 3.06. The molecule has 16 heavy (non-hydrogen) atoms. The average molecular weight is 240 g/mol. The average Bonchev–Trinajstić information content (AvgIpc) is 2.71. The van der Waals surface area contributed by atoms with Crippen LogP contribution in [0.15, 0.2) is 6.20 Å². The van der Waals surface area contributed by atoms with Crippen molar-refractivity contribution in [3.05, 3.63) is 16.1 Å². The zero-order valence-corrected chi connectivity index (χ0v) is 11.0. The van der Waals surface area contributed by atoms with Crippen LogP contribution in [0.1, 0.15) is 15.9 Å². The second kappa shape index (κ2) is 5.23. The van der Waals surface area contributed by atoms with Gasteiger partial charge >= 0.3 is 0 Å². The summed E-state index contributed by atoms with van der Waals surface area (Å²) in [5.74, 6) is 0. The highest BCUT2D eigenvalue weighted by molar-refractivity contribution is 7.11. The van der Waals surface area contributed by atoms with Gasteiger partial charge in [0.25, 0.3) is 0 Å². The fraction of sp³-hybridized carbons (Fsp3) is 0.727. The van der Waals surface area contributed by atoms with Gasteiger partial charge in [-0.05, 0) is 21.1 Å². The van der Waals surface area contributed by atoms with Gasteiger partial charge < -0.3 is 10.2 Å². The van der Waals surface area contributed by atoms with Gasteiger partial charge in [-0.1, -0.05) is 0 Å². The Balaban J connectivity index is 2.08. The highest BCUT2D eigenvalue weighted by Gasteiger charge is 2.25. The first-order valence-electron chi connectivity index (χ1n) is 5.68. The highest BCUT2D eigenvalue weighted by atomic mass is 32.1. The van der Waals surface area contributed by atoms with Gasteiger partial charge in [-0.2, -0.15) is 0 Å². The second-order valence-corrected chi connectivity index (χ2v) is 5.60. The molecule has 5 heteroatoms. The standard InChI is InChI=1S/C11H20N4S/c1-12-6-9-7-13-11(16-9)10-8-14(2)4-5-15(10)3/h7,10,12H,4-6,8H2,1-3H3. The Kier molecular flexibility index (Phi) is 3.91. The molecule has 0 spiro atoms. The SMILES string of the molecule is CNCc1cnc(C2CN(C)CCN2C)s1. The summed E-state index contributed by atoms with van der Waals surface area (Å²) in [4.78, 5) is 10.7. The first kappa shape index (κ1) is 12.0. The van der Waals surface area contributed by atoms with E-state index >= 15 is 0 Å². The third-order valence-corrected chi connectivity index (χ3v) is 4.16. The van der Waals surface area contributed by atoms with Crippen LogP contribution in [0, 0.1) is 0 Å². The molecule has 0 aliphatic carbocycles. The number of nitrogens with zero attached hydrogens (tertiary/aromatic N) is 3. The Hall–Kier alpha value is -0.490. The van der Waals surface area contributed by atoms with Crippen LogP contribution in [0.2, 0.25) is 0 Å². The van der Waals surface area contributed by atoms with E-state index in [2.05, 4.69) is 34.2 Å². The van der Waals surface area contributed by atoms with Gasteiger partial charge in [0, 0.05) is 37.3 Å². The lowest BCUT2D eigenvalue weighted by Gasteiger charge is -2.36. The van der Waals surface area contributed by atoms with E-state index in [1.807, 2.05) is 24.6 Å². The lowest BCUT2D eigenvalue weighted by molar-refractivity contribution is 0.115. The molecule has 2 heterocycles. The van der Waals surface area contributed by atoms with Gasteiger partial charge in [0.2, 0.25) is 0 Å². The lowest BCUT2D eigenvalue weighted by atomic mass is 10.2. The molecule has 1 saturated heterocycles. The summed E-state index contributed by atoms with van der Waals surface area (Å²) < 4.78 is 0. The Morgan fingerprint density at radius 3 is 3.06 bits per heavy atom. The smallest absolute Gasteiger partial charge is 0.111 e. The molecule has 1 N–H and O–H groups in total. The minimum atomic E-state index is 0.467. The second-order valence-electron chi connectivity index (χ2n) is 4.45. The molecule has 0 radical (unpaired) electrons. The monoisotopic (exact) mass is 240 g/mol. The molecule has 90 valence electrons. The van der Waals surface area contributed by atoms with E-state index in [1.165, 1.54) is 9.88 Å². The summed E-state index contributed by atoms with van der Waals surface area (Å²) in [6, 6.07) is 0.467. The van der Waals surface area contributed by atoms with Gasteiger partial charge in [0.15, 0.2) is 0 Å². The maximum atomic E-state index is 4.55. The van der Waals surface area contributed by atoms with E-state index in [0.29, 0.717) is 6.04 Å². The van der Waals surface area contributed by atoms with E-state index in [-0.39, 0.29) is 0 Å². The molecular weight excluding hydrogens is 220 g/mol. The summed E-state index contributed by atoms with van der Waals surface area (Å²) in [5.41, 5.74) is 0. The summed E-state index contributed by atoms with van der Waals surface area (Å²) in [7, 11) is 6.35. The molecule has 1 aliphatic rings. The summed E-state index contributed by atoms with van der Waals surface area (Å²) >= 11 is 1.83. The molecule has 1 aromatic heterocycles. The van der Waals surface area contributed by atoms with Crippen molar-refractivity contribution in [2.24, 2.45) is 0 Å². The van der Waals surface area contributed by atoms with E-state index < -0.39 is 0 Å². The molecule has 2 rings (SSSR count). The van der Waals surface area contributed by atoms with Crippen LogP contribution in [-0.4, -0.2) is 55.6 Å². The number of nitrogens with one attached hydrogen (secondary N) is 1. The van der Waals surface area contributed by atoms with Crippen molar-refractivity contribution < 1.29 is 0 Å². The van der Waals surface area contributed by atoms with Crippen LogP contribution in [0.25, 0.3) is 0 Å². The van der Waals surface area contributed by atoms with Crippen molar-refractivity contribution in [1.29, 1.82) is 0 Å². The largest absolute Gasteiger partial charge is 0.315 e. The van der Waals surface area contributed by atoms with Gasteiger partial charge in [-0.15, -0.1) is 11.3 Å². The topological polar surface area (TPSA) is 31.4 Å². The van der Waals surface area contributed by atoms with E-state index in [4.69, 9.17) is 0 Å². The molecular formula is C11H20N4S. The van der Waals surface area contributed by atoms with Crippen molar-refractivity contribution in [3.63, 3.8) is 0 Å².